The molecular formula is C12H10BrNO3. The standard InChI is InChI=1S/C12H10BrNO3/c1-7(13)6-14-10-5-8(17-2)3-4-9(10)11(15)12(14)16/h3-5H,1,6H2,2H3. The lowest BCUT2D eigenvalue weighted by atomic mass is 10.1. The topological polar surface area (TPSA) is 46.6 Å². The molecule has 0 atom stereocenters. The second kappa shape index (κ2) is 4.33. The van der Waals surface area contributed by atoms with Crippen LogP contribution in [0.4, 0.5) is 5.69 Å². The molecule has 0 unspecified atom stereocenters. The van der Waals surface area contributed by atoms with Gasteiger partial charge in [-0.25, -0.2) is 0 Å². The maximum atomic E-state index is 11.8. The van der Waals surface area contributed by atoms with Gasteiger partial charge in [0, 0.05) is 10.5 Å². The van der Waals surface area contributed by atoms with E-state index in [1.54, 1.807) is 18.2 Å². The summed E-state index contributed by atoms with van der Waals surface area (Å²) >= 11 is 3.19. The lowest BCUT2D eigenvalue weighted by molar-refractivity contribution is -0.114. The molecule has 1 heterocycles. The summed E-state index contributed by atoms with van der Waals surface area (Å²) in [6.45, 7) is 3.94. The van der Waals surface area contributed by atoms with Crippen molar-refractivity contribution in [1.29, 1.82) is 0 Å². The van der Waals surface area contributed by atoms with Gasteiger partial charge in [-0.2, -0.15) is 0 Å². The van der Waals surface area contributed by atoms with Gasteiger partial charge in [0.1, 0.15) is 5.75 Å². The zero-order chi connectivity index (χ0) is 12.6. The average Bonchev–Trinajstić information content (AvgIpc) is 2.53. The van der Waals surface area contributed by atoms with Crippen LogP contribution in [0.25, 0.3) is 0 Å². The molecule has 1 aromatic carbocycles. The molecule has 0 radical (unpaired) electrons. The Labute approximate surface area is 107 Å². The predicted octanol–water partition coefficient (Wildman–Crippen LogP) is 2.13. The summed E-state index contributed by atoms with van der Waals surface area (Å²) in [5.74, 6) is -0.415. The fraction of sp³-hybridized carbons (Fsp3) is 0.167. The number of rotatable bonds is 3. The molecule has 1 amide bonds. The molecule has 1 aliphatic rings. The van der Waals surface area contributed by atoms with Crippen molar-refractivity contribution >= 4 is 33.3 Å². The van der Waals surface area contributed by atoms with Crippen LogP contribution < -0.4 is 9.64 Å². The number of benzene rings is 1. The zero-order valence-corrected chi connectivity index (χ0v) is 10.8. The minimum atomic E-state index is -0.533. The lowest BCUT2D eigenvalue weighted by Crippen LogP contribution is -2.30. The number of ether oxygens (including phenoxy) is 1. The Bertz CT molecular complexity index is 524. The molecule has 2 rings (SSSR count). The Kier molecular flexibility index (Phi) is 3.02. The van der Waals surface area contributed by atoms with E-state index in [-0.39, 0.29) is 6.54 Å². The summed E-state index contributed by atoms with van der Waals surface area (Å²) in [5, 5.41) is 0. The van der Waals surface area contributed by atoms with E-state index in [9.17, 15) is 9.59 Å². The van der Waals surface area contributed by atoms with E-state index in [1.165, 1.54) is 12.0 Å². The van der Waals surface area contributed by atoms with Crippen LogP contribution >= 0.6 is 15.9 Å². The zero-order valence-electron chi connectivity index (χ0n) is 9.20. The molecule has 0 bridgehead atoms. The summed E-state index contributed by atoms with van der Waals surface area (Å²) in [4.78, 5) is 24.9. The molecule has 0 saturated carbocycles. The Morgan fingerprint density at radius 1 is 1.47 bits per heavy atom. The number of hydrogen-bond donors (Lipinski definition) is 0. The molecule has 17 heavy (non-hydrogen) atoms. The minimum Gasteiger partial charge on any atom is -0.497 e. The number of carbonyl (C=O) groups is 2. The maximum absolute atomic E-state index is 11.8. The molecule has 88 valence electrons. The van der Waals surface area contributed by atoms with Crippen molar-refractivity contribution in [2.75, 3.05) is 18.6 Å². The first-order valence-electron chi connectivity index (χ1n) is 4.92. The van der Waals surface area contributed by atoms with E-state index in [0.717, 1.165) is 0 Å². The second-order valence-corrected chi connectivity index (χ2v) is 4.74. The molecule has 4 nitrogen and oxygen atoms in total. The molecule has 0 aromatic heterocycles. The van der Waals surface area contributed by atoms with E-state index in [2.05, 4.69) is 22.5 Å². The highest BCUT2D eigenvalue weighted by Crippen LogP contribution is 2.33. The molecule has 0 saturated heterocycles. The van der Waals surface area contributed by atoms with Crippen molar-refractivity contribution in [2.24, 2.45) is 0 Å². The molecule has 0 N–H and O–H groups in total. The fourth-order valence-electron chi connectivity index (χ4n) is 1.73. The van der Waals surface area contributed by atoms with E-state index in [0.29, 0.717) is 21.5 Å². The van der Waals surface area contributed by atoms with Gasteiger partial charge in [0.15, 0.2) is 0 Å². The number of ketones is 1. The Hall–Kier alpha value is -1.62. The highest BCUT2D eigenvalue weighted by molar-refractivity contribution is 9.11. The largest absolute Gasteiger partial charge is 0.497 e. The minimum absolute atomic E-state index is 0.269. The Morgan fingerprint density at radius 3 is 2.76 bits per heavy atom. The number of carbonyl (C=O) groups excluding carboxylic acids is 2. The van der Waals surface area contributed by atoms with Crippen LogP contribution in [-0.4, -0.2) is 25.3 Å². The number of hydrogen-bond acceptors (Lipinski definition) is 3. The number of Topliss-reactive ketones (excluding diaryl/α,β-unsaturated/α-hetero) is 1. The molecule has 1 aromatic rings. The number of anilines is 1. The highest BCUT2D eigenvalue weighted by atomic mass is 79.9. The van der Waals surface area contributed by atoms with Crippen molar-refractivity contribution < 1.29 is 14.3 Å². The van der Waals surface area contributed by atoms with Gasteiger partial charge in [0.25, 0.3) is 11.7 Å². The predicted molar refractivity (Wildman–Crippen MR) is 67.7 cm³/mol. The van der Waals surface area contributed by atoms with E-state index < -0.39 is 11.7 Å². The van der Waals surface area contributed by atoms with Crippen molar-refractivity contribution in [2.45, 2.75) is 0 Å². The fourth-order valence-corrected chi connectivity index (χ4v) is 1.98. The van der Waals surface area contributed by atoms with Crippen LogP contribution in [0.3, 0.4) is 0 Å². The number of fused-ring (bicyclic) bond motifs is 1. The van der Waals surface area contributed by atoms with Crippen molar-refractivity contribution in [3.8, 4) is 5.75 Å². The van der Waals surface area contributed by atoms with Gasteiger partial charge >= 0.3 is 0 Å². The number of amides is 1. The van der Waals surface area contributed by atoms with Crippen molar-refractivity contribution in [3.05, 3.63) is 34.8 Å². The summed E-state index contributed by atoms with van der Waals surface area (Å²) in [5.41, 5.74) is 0.976. The van der Waals surface area contributed by atoms with Crippen LogP contribution in [0.2, 0.25) is 0 Å². The number of methoxy groups -OCH3 is 1. The lowest BCUT2D eigenvalue weighted by Gasteiger charge is -2.16. The molecule has 0 fully saturated rings. The molecular weight excluding hydrogens is 286 g/mol. The van der Waals surface area contributed by atoms with E-state index in [4.69, 9.17) is 4.74 Å². The summed E-state index contributed by atoms with van der Waals surface area (Å²) in [6.07, 6.45) is 0. The monoisotopic (exact) mass is 295 g/mol. The molecule has 5 heteroatoms. The van der Waals surface area contributed by atoms with Gasteiger partial charge in [-0.15, -0.1) is 0 Å². The highest BCUT2D eigenvalue weighted by Gasteiger charge is 2.35. The van der Waals surface area contributed by atoms with Gasteiger partial charge < -0.3 is 4.74 Å². The number of nitrogens with zero attached hydrogens (tertiary/aromatic N) is 1. The quantitative estimate of drug-likeness (QED) is 0.803. The van der Waals surface area contributed by atoms with Crippen LogP contribution in [0.1, 0.15) is 10.4 Å². The molecule has 0 aliphatic carbocycles. The van der Waals surface area contributed by atoms with Gasteiger partial charge in [0.2, 0.25) is 0 Å². The molecule has 0 spiro atoms. The molecule has 1 aliphatic heterocycles. The first kappa shape index (κ1) is 11.9. The average molecular weight is 296 g/mol. The van der Waals surface area contributed by atoms with Crippen molar-refractivity contribution in [3.63, 3.8) is 0 Å². The third kappa shape index (κ3) is 1.98. The van der Waals surface area contributed by atoms with Crippen LogP contribution in [0.5, 0.6) is 5.75 Å². The van der Waals surface area contributed by atoms with Crippen LogP contribution in [0, 0.1) is 0 Å². The summed E-state index contributed by atoms with van der Waals surface area (Å²) in [6, 6.07) is 4.94. The smallest absolute Gasteiger partial charge is 0.299 e. The summed E-state index contributed by atoms with van der Waals surface area (Å²) < 4.78 is 5.71. The summed E-state index contributed by atoms with van der Waals surface area (Å²) in [7, 11) is 1.54. The third-order valence-electron chi connectivity index (χ3n) is 2.51. The van der Waals surface area contributed by atoms with E-state index >= 15 is 0 Å². The van der Waals surface area contributed by atoms with Crippen LogP contribution in [0.15, 0.2) is 29.3 Å². The first-order chi connectivity index (χ1) is 8.04. The first-order valence-corrected chi connectivity index (χ1v) is 5.71. The van der Waals surface area contributed by atoms with Gasteiger partial charge in [0.05, 0.1) is 24.9 Å². The SMILES string of the molecule is C=C(Br)CN1C(=O)C(=O)c2ccc(OC)cc21. The van der Waals surface area contributed by atoms with E-state index in [1.807, 2.05) is 0 Å². The third-order valence-corrected chi connectivity index (χ3v) is 2.76. The van der Waals surface area contributed by atoms with Gasteiger partial charge in [-0.3, -0.25) is 14.5 Å². The van der Waals surface area contributed by atoms with Crippen molar-refractivity contribution in [1.82, 2.24) is 0 Å². The van der Waals surface area contributed by atoms with Crippen LogP contribution in [-0.2, 0) is 4.79 Å². The van der Waals surface area contributed by atoms with Gasteiger partial charge in [-0.05, 0) is 12.1 Å². The second-order valence-electron chi connectivity index (χ2n) is 3.62. The Balaban J connectivity index is 2.49. The van der Waals surface area contributed by atoms with Gasteiger partial charge in [-0.1, -0.05) is 22.5 Å². The maximum Gasteiger partial charge on any atom is 0.299 e. The Morgan fingerprint density at radius 2 is 2.18 bits per heavy atom. The number of halogens is 1. The normalized spacial score (nSPS) is 13.9.